The van der Waals surface area contributed by atoms with Crippen LogP contribution in [0.4, 0.5) is 5.82 Å². The van der Waals surface area contributed by atoms with Gasteiger partial charge in [0.1, 0.15) is 11.2 Å². The van der Waals surface area contributed by atoms with Gasteiger partial charge in [-0.3, -0.25) is 14.6 Å². The standard InChI is InChI=1S/C21H21N7O2/c1-11-5-4-6-16(13(11)3)27-18-15(10-22-27)20(30)25-21(24-18)28-17(9-12(2)26-28)23-19(29)14-7-8-14/h4-6,9-10,14H,7-8H2,1-3H3,(H,23,29)(H,24,25,30). The Morgan fingerprint density at radius 1 is 1.20 bits per heavy atom. The lowest BCUT2D eigenvalue weighted by Gasteiger charge is -2.10. The Labute approximate surface area is 171 Å². The van der Waals surface area contributed by atoms with Gasteiger partial charge in [-0.2, -0.15) is 19.9 Å². The maximum atomic E-state index is 12.8. The summed E-state index contributed by atoms with van der Waals surface area (Å²) in [6, 6.07) is 7.67. The number of aromatic nitrogens is 6. The van der Waals surface area contributed by atoms with Crippen molar-refractivity contribution in [2.75, 3.05) is 5.32 Å². The van der Waals surface area contributed by atoms with Gasteiger partial charge in [0.2, 0.25) is 11.9 Å². The van der Waals surface area contributed by atoms with E-state index in [2.05, 4.69) is 25.5 Å². The summed E-state index contributed by atoms with van der Waals surface area (Å²) in [5.41, 5.74) is 3.83. The first-order valence-corrected chi connectivity index (χ1v) is 9.85. The Morgan fingerprint density at radius 3 is 2.77 bits per heavy atom. The number of aryl methyl sites for hydroxylation is 2. The third-order valence-electron chi connectivity index (χ3n) is 5.46. The lowest BCUT2D eigenvalue weighted by Crippen LogP contribution is -2.19. The third kappa shape index (κ3) is 2.99. The normalized spacial score (nSPS) is 13.7. The minimum Gasteiger partial charge on any atom is -0.310 e. The highest BCUT2D eigenvalue weighted by atomic mass is 16.2. The summed E-state index contributed by atoms with van der Waals surface area (Å²) in [6.07, 6.45) is 3.31. The van der Waals surface area contributed by atoms with Crippen LogP contribution in [0.3, 0.4) is 0 Å². The van der Waals surface area contributed by atoms with E-state index in [1.165, 1.54) is 10.9 Å². The summed E-state index contributed by atoms with van der Waals surface area (Å²) in [5, 5.41) is 12.1. The van der Waals surface area contributed by atoms with Gasteiger partial charge < -0.3 is 5.32 Å². The second-order valence-electron chi connectivity index (χ2n) is 7.75. The topological polar surface area (TPSA) is 110 Å². The Kier molecular flexibility index (Phi) is 4.05. The fourth-order valence-electron chi connectivity index (χ4n) is 3.47. The zero-order valence-electron chi connectivity index (χ0n) is 16.9. The van der Waals surface area contributed by atoms with Crippen molar-refractivity contribution in [1.29, 1.82) is 0 Å². The van der Waals surface area contributed by atoms with Gasteiger partial charge in [-0.25, -0.2) is 4.68 Å². The van der Waals surface area contributed by atoms with Crippen LogP contribution in [0.1, 0.15) is 29.7 Å². The van der Waals surface area contributed by atoms with E-state index in [4.69, 9.17) is 0 Å². The summed E-state index contributed by atoms with van der Waals surface area (Å²) in [4.78, 5) is 32.4. The molecule has 0 unspecified atom stereocenters. The van der Waals surface area contributed by atoms with E-state index >= 15 is 0 Å². The van der Waals surface area contributed by atoms with Crippen LogP contribution in [0.2, 0.25) is 0 Å². The molecule has 3 aromatic heterocycles. The van der Waals surface area contributed by atoms with Crippen LogP contribution in [-0.4, -0.2) is 35.4 Å². The molecule has 4 aromatic rings. The molecular formula is C21H21N7O2. The zero-order valence-corrected chi connectivity index (χ0v) is 16.9. The van der Waals surface area contributed by atoms with E-state index < -0.39 is 0 Å². The first kappa shape index (κ1) is 18.3. The molecule has 9 heteroatoms. The molecule has 1 aliphatic carbocycles. The minimum absolute atomic E-state index is 0.0417. The summed E-state index contributed by atoms with van der Waals surface area (Å²) in [5.74, 6) is 0.706. The van der Waals surface area contributed by atoms with E-state index in [1.807, 2.05) is 39.0 Å². The van der Waals surface area contributed by atoms with Gasteiger partial charge in [-0.15, -0.1) is 0 Å². The number of anilines is 1. The number of carbonyl (C=O) groups excluding carboxylic acids is 1. The number of aromatic amines is 1. The highest BCUT2D eigenvalue weighted by Crippen LogP contribution is 2.30. The van der Waals surface area contributed by atoms with Gasteiger partial charge in [0, 0.05) is 12.0 Å². The molecule has 152 valence electrons. The van der Waals surface area contributed by atoms with E-state index in [0.717, 1.165) is 29.7 Å². The van der Waals surface area contributed by atoms with Crippen molar-refractivity contribution in [2.45, 2.75) is 33.6 Å². The highest BCUT2D eigenvalue weighted by Gasteiger charge is 2.30. The minimum atomic E-state index is -0.320. The fraction of sp³-hybridized carbons (Fsp3) is 0.286. The van der Waals surface area contributed by atoms with Crippen LogP contribution in [0.25, 0.3) is 22.7 Å². The maximum absolute atomic E-state index is 12.8. The first-order valence-electron chi connectivity index (χ1n) is 9.85. The van der Waals surface area contributed by atoms with Crippen LogP contribution in [0.15, 0.2) is 35.3 Å². The van der Waals surface area contributed by atoms with Gasteiger partial charge in [-0.05, 0) is 50.8 Å². The second kappa shape index (κ2) is 6.65. The van der Waals surface area contributed by atoms with Gasteiger partial charge in [0.05, 0.1) is 17.6 Å². The predicted octanol–water partition coefficient (Wildman–Crippen LogP) is 2.57. The van der Waals surface area contributed by atoms with Crippen LogP contribution >= 0.6 is 0 Å². The third-order valence-corrected chi connectivity index (χ3v) is 5.46. The molecule has 1 saturated carbocycles. The van der Waals surface area contributed by atoms with Crippen molar-refractivity contribution in [1.82, 2.24) is 29.5 Å². The van der Waals surface area contributed by atoms with Crippen LogP contribution in [0, 0.1) is 26.7 Å². The fourth-order valence-corrected chi connectivity index (χ4v) is 3.47. The molecule has 0 atom stereocenters. The molecule has 30 heavy (non-hydrogen) atoms. The summed E-state index contributed by atoms with van der Waals surface area (Å²) >= 11 is 0. The average molecular weight is 403 g/mol. The molecule has 9 nitrogen and oxygen atoms in total. The SMILES string of the molecule is Cc1cc(NC(=O)C2CC2)n(-c2nc3c(cnn3-c3cccc(C)c3C)c(=O)[nH]2)n1. The first-order chi connectivity index (χ1) is 14.4. The number of rotatable bonds is 4. The van der Waals surface area contributed by atoms with E-state index in [0.29, 0.717) is 22.5 Å². The van der Waals surface area contributed by atoms with E-state index in [9.17, 15) is 9.59 Å². The molecule has 1 aromatic carbocycles. The van der Waals surface area contributed by atoms with Crippen molar-refractivity contribution < 1.29 is 4.79 Å². The summed E-state index contributed by atoms with van der Waals surface area (Å²) in [7, 11) is 0. The molecule has 3 heterocycles. The molecule has 1 fully saturated rings. The number of nitrogens with one attached hydrogen (secondary N) is 2. The smallest absolute Gasteiger partial charge is 0.263 e. The number of carbonyl (C=O) groups is 1. The Hall–Kier alpha value is -3.75. The van der Waals surface area contributed by atoms with Crippen molar-refractivity contribution in [2.24, 2.45) is 5.92 Å². The molecule has 1 aliphatic rings. The summed E-state index contributed by atoms with van der Waals surface area (Å²) in [6.45, 7) is 5.85. The largest absolute Gasteiger partial charge is 0.310 e. The molecule has 5 rings (SSSR count). The molecule has 0 aliphatic heterocycles. The van der Waals surface area contributed by atoms with Crippen LogP contribution in [0.5, 0.6) is 0 Å². The van der Waals surface area contributed by atoms with Crippen LogP contribution in [-0.2, 0) is 4.79 Å². The van der Waals surface area contributed by atoms with Crippen molar-refractivity contribution in [3.63, 3.8) is 0 Å². The number of nitrogens with zero attached hydrogens (tertiary/aromatic N) is 5. The molecule has 0 spiro atoms. The maximum Gasteiger partial charge on any atom is 0.263 e. The molecule has 1 amide bonds. The number of hydrogen-bond acceptors (Lipinski definition) is 5. The van der Waals surface area contributed by atoms with Crippen LogP contribution < -0.4 is 10.9 Å². The lowest BCUT2D eigenvalue weighted by molar-refractivity contribution is -0.117. The quantitative estimate of drug-likeness (QED) is 0.544. The average Bonchev–Trinajstić information content (AvgIpc) is 3.38. The second-order valence-corrected chi connectivity index (χ2v) is 7.75. The zero-order chi connectivity index (χ0) is 21.0. The highest BCUT2D eigenvalue weighted by molar-refractivity contribution is 5.93. The van der Waals surface area contributed by atoms with Crippen molar-refractivity contribution >= 4 is 22.8 Å². The van der Waals surface area contributed by atoms with Gasteiger partial charge in [-0.1, -0.05) is 12.1 Å². The molecular weight excluding hydrogens is 382 g/mol. The van der Waals surface area contributed by atoms with E-state index in [1.54, 1.807) is 10.7 Å². The number of fused-ring (bicyclic) bond motifs is 1. The molecule has 0 saturated heterocycles. The molecule has 2 N–H and O–H groups in total. The van der Waals surface area contributed by atoms with Gasteiger partial charge in [0.25, 0.3) is 5.56 Å². The van der Waals surface area contributed by atoms with Crippen molar-refractivity contribution in [3.8, 4) is 11.6 Å². The number of amides is 1. The monoisotopic (exact) mass is 403 g/mol. The van der Waals surface area contributed by atoms with Gasteiger partial charge in [0.15, 0.2) is 5.65 Å². The number of benzene rings is 1. The lowest BCUT2D eigenvalue weighted by atomic mass is 10.1. The Bertz CT molecular complexity index is 1360. The number of hydrogen-bond donors (Lipinski definition) is 2. The summed E-state index contributed by atoms with van der Waals surface area (Å²) < 4.78 is 3.12. The van der Waals surface area contributed by atoms with Crippen molar-refractivity contribution in [3.05, 3.63) is 57.6 Å². The molecule has 0 bridgehead atoms. The predicted molar refractivity (Wildman–Crippen MR) is 112 cm³/mol. The van der Waals surface area contributed by atoms with E-state index in [-0.39, 0.29) is 23.3 Å². The molecule has 0 radical (unpaired) electrons. The van der Waals surface area contributed by atoms with Gasteiger partial charge >= 0.3 is 0 Å². The number of H-pyrrole nitrogens is 1. The Balaban J connectivity index is 1.66. The Morgan fingerprint density at radius 2 is 2.00 bits per heavy atom.